The van der Waals surface area contributed by atoms with E-state index in [-0.39, 0.29) is 83.6 Å². The molecule has 15 rings (SSSR count). The molecular formula is C92H134N20O13Si3. The number of benzene rings is 3. The van der Waals surface area contributed by atoms with Crippen LogP contribution in [0.4, 0.5) is 32.9 Å². The SMILES string of the molecule is CC[C@H]1O[C@@H](n2cnc3c(N(Cc4ccccc4)C(=O)OC(C)(C)C)ncnc32)CC1O[Si](C)(C)C(C)(C)C.CC[C@H]1O[C@@H](n2cnc3c(NC(=O)OC(C)(C)C)ncnc32)CC1O[Si](C)(C)C(C)(C)C.CC[C@H]1O[C@@H](n2cnc3c(NCc4ccccc4)ncnc32)CC1O[Si](C)(C)C(C)(C)C.OC[C@H]1O[C@@H](n2cnc3c(NCc4ccccc4)ncnc32)CC1O. The first-order chi connectivity index (χ1) is 60.4. The lowest BCUT2D eigenvalue weighted by Crippen LogP contribution is -2.45. The first-order valence-corrected chi connectivity index (χ1v) is 53.3. The van der Waals surface area contributed by atoms with Gasteiger partial charge < -0.3 is 62.5 Å². The quantitative estimate of drug-likeness (QED) is 0.0351. The number of hydrogen-bond donors (Lipinski definition) is 5. The van der Waals surface area contributed by atoms with E-state index in [0.29, 0.717) is 76.9 Å². The summed E-state index contributed by atoms with van der Waals surface area (Å²) in [6.45, 7) is 52.7. The summed E-state index contributed by atoms with van der Waals surface area (Å²) in [5, 5.41) is 28.9. The van der Waals surface area contributed by atoms with Gasteiger partial charge in [0.2, 0.25) is 0 Å². The summed E-state index contributed by atoms with van der Waals surface area (Å²) < 4.78 is 64.0. The molecule has 12 atom stereocenters. The van der Waals surface area contributed by atoms with Gasteiger partial charge in [0.05, 0.1) is 81.2 Å². The third kappa shape index (κ3) is 23.5. The molecule has 4 fully saturated rings. The number of amides is 2. The van der Waals surface area contributed by atoms with Gasteiger partial charge in [0.1, 0.15) is 67.5 Å². The van der Waals surface area contributed by atoms with Crippen LogP contribution in [0.2, 0.25) is 54.4 Å². The summed E-state index contributed by atoms with van der Waals surface area (Å²) in [4.78, 5) is 80.4. The van der Waals surface area contributed by atoms with Crippen LogP contribution in [0, 0.1) is 0 Å². The molecule has 0 saturated carbocycles. The number of carbonyl (C=O) groups excluding carboxylic acids is 2. The zero-order valence-electron chi connectivity index (χ0n) is 79.0. The van der Waals surface area contributed by atoms with Gasteiger partial charge >= 0.3 is 12.2 Å². The molecular weight excluding hydrogens is 1680 g/mol. The summed E-state index contributed by atoms with van der Waals surface area (Å²) in [5.41, 5.74) is 7.02. The Morgan fingerprint density at radius 1 is 0.422 bits per heavy atom. The van der Waals surface area contributed by atoms with Gasteiger partial charge in [0, 0.05) is 38.8 Å². The van der Waals surface area contributed by atoms with Crippen LogP contribution in [0.25, 0.3) is 44.7 Å². The molecule has 3 aromatic carbocycles. The Morgan fingerprint density at radius 3 is 1.09 bits per heavy atom. The van der Waals surface area contributed by atoms with E-state index in [9.17, 15) is 19.8 Å². The molecule has 692 valence electrons. The first kappa shape index (κ1) is 97.4. The Labute approximate surface area is 754 Å². The van der Waals surface area contributed by atoms with Crippen LogP contribution >= 0.6 is 0 Å². The van der Waals surface area contributed by atoms with Crippen LogP contribution in [-0.4, -0.2) is 192 Å². The van der Waals surface area contributed by atoms with Crippen molar-refractivity contribution in [3.63, 3.8) is 0 Å². The van der Waals surface area contributed by atoms with E-state index < -0.39 is 66.8 Å². The zero-order valence-corrected chi connectivity index (χ0v) is 82.0. The van der Waals surface area contributed by atoms with Crippen molar-refractivity contribution in [2.75, 3.05) is 27.5 Å². The van der Waals surface area contributed by atoms with Crippen molar-refractivity contribution in [3.05, 3.63) is 158 Å². The molecule has 33 nitrogen and oxygen atoms in total. The minimum atomic E-state index is -1.98. The Hall–Kier alpha value is -9.71. The monoisotopic (exact) mass is 1810 g/mol. The maximum atomic E-state index is 13.4. The van der Waals surface area contributed by atoms with Crippen LogP contribution in [0.15, 0.2) is 142 Å². The van der Waals surface area contributed by atoms with Gasteiger partial charge in [0.25, 0.3) is 0 Å². The van der Waals surface area contributed by atoms with Gasteiger partial charge in [-0.15, -0.1) is 0 Å². The number of carbonyl (C=O) groups is 2. The molecule has 0 radical (unpaired) electrons. The molecule has 5 N–H and O–H groups in total. The van der Waals surface area contributed by atoms with E-state index in [0.717, 1.165) is 60.2 Å². The van der Waals surface area contributed by atoms with Crippen molar-refractivity contribution < 1.29 is 61.5 Å². The van der Waals surface area contributed by atoms with E-state index in [1.165, 1.54) is 29.4 Å². The van der Waals surface area contributed by atoms with E-state index in [1.54, 1.807) is 50.6 Å². The third-order valence-electron chi connectivity index (χ3n) is 24.8. The van der Waals surface area contributed by atoms with Crippen LogP contribution in [-0.2, 0) is 61.3 Å². The molecule has 12 heterocycles. The van der Waals surface area contributed by atoms with Crippen molar-refractivity contribution in [1.29, 1.82) is 0 Å². The predicted molar refractivity (Wildman–Crippen MR) is 502 cm³/mol. The van der Waals surface area contributed by atoms with Gasteiger partial charge in [0.15, 0.2) is 92.9 Å². The second-order valence-corrected chi connectivity index (χ2v) is 54.0. The number of nitrogens with one attached hydrogen (secondary N) is 3. The summed E-state index contributed by atoms with van der Waals surface area (Å²) in [5.74, 6) is 2.08. The number of ether oxygens (including phenoxy) is 6. The maximum absolute atomic E-state index is 13.4. The number of rotatable bonds is 24. The average molecular weight is 1810 g/mol. The minimum Gasteiger partial charge on any atom is -0.444 e. The summed E-state index contributed by atoms with van der Waals surface area (Å²) in [7, 11) is -5.80. The zero-order chi connectivity index (χ0) is 92.6. The Kier molecular flexibility index (Phi) is 30.7. The van der Waals surface area contributed by atoms with Gasteiger partial charge in [-0.2, -0.15) is 0 Å². The van der Waals surface area contributed by atoms with E-state index >= 15 is 0 Å². The molecule has 11 aromatic rings. The van der Waals surface area contributed by atoms with E-state index in [4.69, 9.17) is 41.7 Å². The van der Waals surface area contributed by atoms with Gasteiger partial charge in [-0.05, 0) is 132 Å². The molecule has 0 bridgehead atoms. The second-order valence-electron chi connectivity index (χ2n) is 39.7. The molecule has 0 spiro atoms. The minimum absolute atomic E-state index is 0.00371. The highest BCUT2D eigenvalue weighted by Gasteiger charge is 2.49. The smallest absolute Gasteiger partial charge is 0.416 e. The van der Waals surface area contributed by atoms with E-state index in [1.807, 2.05) is 120 Å². The lowest BCUT2D eigenvalue weighted by Gasteiger charge is -2.39. The molecule has 4 aliphatic rings. The molecule has 4 unspecified atom stereocenters. The van der Waals surface area contributed by atoms with Crippen LogP contribution < -0.4 is 20.9 Å². The standard InChI is InChI=1S/C29H43N5O4Si.C24H35N5O2Si.C22H37N5O4Si.C17H19N5O3/c1-10-21-22(38-39(8,9)29(5,6)7)16-23(36-21)34-19-32-24-25(30-18-31-26(24)34)33(27(35)37-28(2,3)4)17-20-14-12-11-13-15-20;1-7-18-19(31-32(5,6)24(2,3)4)13-20(30-18)29-16-28-21-22(26-15-27-23(21)29)25-14-17-11-9-8-10-12-17;1-10-14-15(31-32(8,9)22(5,6)7)11-16(29-14)27-13-25-17-18(23-12-24-19(17)27)26-20(28)30-21(2,3)4;23-8-13-12(24)6-14(25-13)22-10-21-15-16(19-9-20-17(15)22)18-7-11-4-2-1-3-5-11/h11-15,18-19,21-23H,10,16-17H2,1-9H3;8-12,15-16,18-20H,7,13-14H2,1-6H3,(H,25,26,27);12-16H,10-11H2,1-9H3,(H,23,24,26,28);1-5,9-10,12-14,23-24H,6-8H2,(H,18,19,20)/t21-,22?,23-;18-,19?,20-;14-,15?,16-;12?,13-,14-/m1111/s1. The largest absolute Gasteiger partial charge is 0.444 e. The fourth-order valence-electron chi connectivity index (χ4n) is 14.8. The Morgan fingerprint density at radius 2 is 0.742 bits per heavy atom. The number of aromatic nitrogens is 16. The number of aliphatic hydroxyl groups excluding tert-OH is 2. The number of fused-ring (bicyclic) bond motifs is 4. The Balaban J connectivity index is 0.000000156. The highest BCUT2D eigenvalue weighted by molar-refractivity contribution is 6.75. The average Bonchev–Trinajstić information content (AvgIpc) is 1.85. The Bertz CT molecular complexity index is 5480. The second kappa shape index (κ2) is 40.3. The molecule has 8 aromatic heterocycles. The number of aliphatic hydroxyl groups is 2. The topological polar surface area (TPSA) is 371 Å². The van der Waals surface area contributed by atoms with Gasteiger partial charge in [-0.3, -0.25) is 28.5 Å². The molecule has 4 saturated heterocycles. The summed E-state index contributed by atoms with van der Waals surface area (Å²) in [6.07, 6.45) is 14.8. The molecule has 36 heteroatoms. The molecule has 128 heavy (non-hydrogen) atoms. The van der Waals surface area contributed by atoms with E-state index in [2.05, 4.69) is 210 Å². The number of imidazole rings is 4. The fraction of sp³-hybridized carbons (Fsp3) is 0.565. The highest BCUT2D eigenvalue weighted by Crippen LogP contribution is 2.47. The fourth-order valence-corrected chi connectivity index (χ4v) is 18.9. The van der Waals surface area contributed by atoms with Crippen molar-refractivity contribution in [2.45, 2.75) is 329 Å². The van der Waals surface area contributed by atoms with Crippen molar-refractivity contribution in [1.82, 2.24) is 78.1 Å². The normalized spacial score (nSPS) is 21.8. The van der Waals surface area contributed by atoms with Crippen LogP contribution in [0.3, 0.4) is 0 Å². The summed E-state index contributed by atoms with van der Waals surface area (Å²) in [6, 6.07) is 30.0. The van der Waals surface area contributed by atoms with Gasteiger partial charge in [-0.25, -0.2) is 69.4 Å². The predicted octanol–water partition coefficient (Wildman–Crippen LogP) is 18.7. The van der Waals surface area contributed by atoms with Crippen LogP contribution in [0.1, 0.15) is 211 Å². The van der Waals surface area contributed by atoms with Crippen LogP contribution in [0.5, 0.6) is 0 Å². The first-order valence-electron chi connectivity index (χ1n) is 44.6. The number of hydrogen-bond acceptors (Lipinski definition) is 27. The lowest BCUT2D eigenvalue weighted by atomic mass is 10.1. The maximum Gasteiger partial charge on any atom is 0.416 e. The molecule has 4 aliphatic heterocycles. The molecule has 2 amide bonds. The molecule has 0 aliphatic carbocycles. The third-order valence-corrected chi connectivity index (χ3v) is 38.3. The highest BCUT2D eigenvalue weighted by atomic mass is 28.4. The van der Waals surface area contributed by atoms with Gasteiger partial charge in [-0.1, -0.05) is 174 Å². The number of anilines is 4. The number of nitrogens with zero attached hydrogens (tertiary/aromatic N) is 17. The van der Waals surface area contributed by atoms with Crippen molar-refractivity contribution in [3.8, 4) is 0 Å². The summed E-state index contributed by atoms with van der Waals surface area (Å²) >= 11 is 0. The van der Waals surface area contributed by atoms with Crippen molar-refractivity contribution in [2.24, 2.45) is 0 Å². The lowest BCUT2D eigenvalue weighted by molar-refractivity contribution is -0.0432. The van der Waals surface area contributed by atoms with Crippen molar-refractivity contribution >= 4 is 105 Å².